The molecular weight excluding hydrogens is 478 g/mol. The maximum Gasteiger partial charge on any atom is 0.247 e. The van der Waals surface area contributed by atoms with E-state index in [0.29, 0.717) is 33.8 Å². The van der Waals surface area contributed by atoms with Gasteiger partial charge in [0.25, 0.3) is 0 Å². The number of ether oxygens (including phenoxy) is 1. The molecular formula is C26H34ClN7O2. The van der Waals surface area contributed by atoms with Gasteiger partial charge in [0.05, 0.1) is 41.1 Å². The second-order valence-corrected chi connectivity index (χ2v) is 9.29. The molecule has 36 heavy (non-hydrogen) atoms. The van der Waals surface area contributed by atoms with Crippen LogP contribution in [0.4, 0.5) is 23.0 Å². The van der Waals surface area contributed by atoms with E-state index in [1.165, 1.54) is 6.08 Å². The van der Waals surface area contributed by atoms with E-state index in [-0.39, 0.29) is 5.91 Å². The molecule has 0 unspecified atom stereocenters. The lowest BCUT2D eigenvalue weighted by Crippen LogP contribution is -2.29. The minimum atomic E-state index is -0.312. The summed E-state index contributed by atoms with van der Waals surface area (Å²) in [6, 6.07) is 3.68. The van der Waals surface area contributed by atoms with Gasteiger partial charge in [-0.15, -0.1) is 0 Å². The Balaban J connectivity index is 2.04. The molecule has 0 atom stereocenters. The Bertz CT molecular complexity index is 1270. The minimum absolute atomic E-state index is 0.312. The lowest BCUT2D eigenvalue weighted by atomic mass is 10.1. The monoisotopic (exact) mass is 511 g/mol. The number of likely N-dealkylation sites (N-methyl/N-ethyl adjacent to an activating group) is 2. The molecule has 0 fully saturated rings. The number of hydrogen-bond acceptors (Lipinski definition) is 7. The van der Waals surface area contributed by atoms with Crippen LogP contribution in [-0.4, -0.2) is 66.7 Å². The fraction of sp³-hybridized carbons (Fsp3) is 0.346. The van der Waals surface area contributed by atoms with Gasteiger partial charge < -0.3 is 29.7 Å². The molecule has 0 aliphatic rings. The van der Waals surface area contributed by atoms with Crippen LogP contribution in [0.25, 0.3) is 11.3 Å². The van der Waals surface area contributed by atoms with Crippen LogP contribution in [0.15, 0.2) is 37.2 Å². The first-order valence-corrected chi connectivity index (χ1v) is 11.9. The summed E-state index contributed by atoms with van der Waals surface area (Å²) in [7, 11) is 9.58. The highest BCUT2D eigenvalue weighted by atomic mass is 35.5. The molecule has 0 aliphatic heterocycles. The van der Waals surface area contributed by atoms with Crippen molar-refractivity contribution in [1.82, 2.24) is 19.4 Å². The fourth-order valence-electron chi connectivity index (χ4n) is 3.90. The van der Waals surface area contributed by atoms with Crippen molar-refractivity contribution in [3.63, 3.8) is 0 Å². The maximum atomic E-state index is 12.2. The van der Waals surface area contributed by atoms with Gasteiger partial charge in [0.2, 0.25) is 11.9 Å². The van der Waals surface area contributed by atoms with Crippen molar-refractivity contribution in [2.24, 2.45) is 7.05 Å². The van der Waals surface area contributed by atoms with Crippen molar-refractivity contribution in [3.05, 3.63) is 53.5 Å². The number of amides is 1. The molecule has 1 aromatic carbocycles. The van der Waals surface area contributed by atoms with E-state index < -0.39 is 0 Å². The van der Waals surface area contributed by atoms with E-state index in [0.717, 1.165) is 35.6 Å². The first-order chi connectivity index (χ1) is 17.0. The summed E-state index contributed by atoms with van der Waals surface area (Å²) in [5.74, 6) is 0.615. The smallest absolute Gasteiger partial charge is 0.247 e. The van der Waals surface area contributed by atoms with Crippen LogP contribution >= 0.6 is 11.6 Å². The topological polar surface area (TPSA) is 87.5 Å². The number of nitrogens with one attached hydrogen (secondary N) is 2. The Morgan fingerprint density at radius 3 is 2.53 bits per heavy atom. The summed E-state index contributed by atoms with van der Waals surface area (Å²) in [6.07, 6.45) is 4.85. The van der Waals surface area contributed by atoms with E-state index in [1.807, 2.05) is 58.9 Å². The summed E-state index contributed by atoms with van der Waals surface area (Å²) in [5.41, 5.74) is 5.74. The van der Waals surface area contributed by atoms with Gasteiger partial charge in [0.1, 0.15) is 5.75 Å². The number of anilines is 4. The summed E-state index contributed by atoms with van der Waals surface area (Å²) in [6.45, 7) is 9.21. The zero-order valence-electron chi connectivity index (χ0n) is 21.9. The highest BCUT2D eigenvalue weighted by Crippen LogP contribution is 2.39. The maximum absolute atomic E-state index is 12.2. The van der Waals surface area contributed by atoms with Crippen LogP contribution in [0.2, 0.25) is 5.02 Å². The largest absolute Gasteiger partial charge is 0.494 e. The van der Waals surface area contributed by atoms with Crippen molar-refractivity contribution in [3.8, 4) is 17.0 Å². The second-order valence-electron chi connectivity index (χ2n) is 8.89. The van der Waals surface area contributed by atoms with Gasteiger partial charge >= 0.3 is 0 Å². The van der Waals surface area contributed by atoms with Crippen LogP contribution in [0.5, 0.6) is 5.75 Å². The van der Waals surface area contributed by atoms with E-state index in [2.05, 4.69) is 32.0 Å². The van der Waals surface area contributed by atoms with Crippen LogP contribution in [0, 0.1) is 13.8 Å². The number of hydrogen-bond donors (Lipinski definition) is 2. The lowest BCUT2D eigenvalue weighted by molar-refractivity contribution is -0.111. The summed E-state index contributed by atoms with van der Waals surface area (Å²) >= 11 is 6.50. The molecule has 0 aliphatic carbocycles. The van der Waals surface area contributed by atoms with Crippen molar-refractivity contribution in [2.75, 3.05) is 56.9 Å². The Kier molecular flexibility index (Phi) is 8.60. The Labute approximate surface area is 217 Å². The van der Waals surface area contributed by atoms with Gasteiger partial charge in [-0.05, 0) is 45.6 Å². The molecule has 192 valence electrons. The first-order valence-electron chi connectivity index (χ1n) is 11.5. The molecule has 2 heterocycles. The predicted molar refractivity (Wildman–Crippen MR) is 148 cm³/mol. The SMILES string of the molecule is C=CC(=O)Nc1cc(Nc2ncc(Cl)c(-c3c(C)cn(C)c3C)n2)c(OC)cc1N(C)CCN(C)C. The van der Waals surface area contributed by atoms with Crippen molar-refractivity contribution < 1.29 is 9.53 Å². The number of aromatic nitrogens is 3. The summed E-state index contributed by atoms with van der Waals surface area (Å²) in [4.78, 5) is 25.5. The van der Waals surface area contributed by atoms with Crippen LogP contribution < -0.4 is 20.3 Å². The first kappa shape index (κ1) is 27.0. The third kappa shape index (κ3) is 5.98. The highest BCUT2D eigenvalue weighted by molar-refractivity contribution is 6.33. The quantitative estimate of drug-likeness (QED) is 0.384. The van der Waals surface area contributed by atoms with Crippen LogP contribution in [-0.2, 0) is 11.8 Å². The van der Waals surface area contributed by atoms with Crippen molar-refractivity contribution >= 4 is 40.5 Å². The minimum Gasteiger partial charge on any atom is -0.494 e. The average molecular weight is 512 g/mol. The van der Waals surface area contributed by atoms with Gasteiger partial charge in [0, 0.05) is 50.7 Å². The molecule has 3 rings (SSSR count). The molecule has 1 amide bonds. The molecule has 0 radical (unpaired) electrons. The molecule has 9 nitrogen and oxygen atoms in total. The summed E-state index contributed by atoms with van der Waals surface area (Å²) < 4.78 is 7.72. The standard InChI is InChI=1S/C26H34ClN7O2/c1-9-23(35)29-19-12-20(22(36-8)13-21(19)33(6)11-10-32(4)5)30-26-28-14-18(27)25(31-26)24-16(2)15-34(7)17(24)3/h9,12-15H,1,10-11H2,2-8H3,(H,29,35)(H,28,30,31). The number of aryl methyl sites for hydroxylation is 2. The lowest BCUT2D eigenvalue weighted by Gasteiger charge is -2.26. The predicted octanol–water partition coefficient (Wildman–Crippen LogP) is 4.63. The van der Waals surface area contributed by atoms with Gasteiger partial charge in [-0.2, -0.15) is 0 Å². The molecule has 2 N–H and O–H groups in total. The molecule has 0 spiro atoms. The van der Waals surface area contributed by atoms with Crippen LogP contribution in [0.3, 0.4) is 0 Å². The number of nitrogens with zero attached hydrogens (tertiary/aromatic N) is 5. The Hall–Kier alpha value is -3.56. The average Bonchev–Trinajstić information content (AvgIpc) is 3.09. The highest BCUT2D eigenvalue weighted by Gasteiger charge is 2.19. The van der Waals surface area contributed by atoms with Crippen LogP contribution in [0.1, 0.15) is 11.3 Å². The molecule has 2 aromatic heterocycles. The molecule has 0 saturated heterocycles. The zero-order valence-corrected chi connectivity index (χ0v) is 22.7. The Morgan fingerprint density at radius 1 is 1.22 bits per heavy atom. The number of rotatable bonds is 10. The number of halogens is 1. The third-order valence-corrected chi connectivity index (χ3v) is 6.23. The number of carbonyl (C=O) groups is 1. The zero-order chi connectivity index (χ0) is 26.6. The summed E-state index contributed by atoms with van der Waals surface area (Å²) in [5, 5.41) is 6.60. The van der Waals surface area contributed by atoms with Gasteiger partial charge in [-0.1, -0.05) is 18.2 Å². The molecule has 10 heteroatoms. The number of carbonyl (C=O) groups excluding carboxylic acids is 1. The normalized spacial score (nSPS) is 10.9. The number of benzene rings is 1. The Morgan fingerprint density at radius 2 is 1.94 bits per heavy atom. The third-order valence-electron chi connectivity index (χ3n) is 5.95. The van der Waals surface area contributed by atoms with Gasteiger partial charge in [-0.25, -0.2) is 9.97 Å². The molecule has 0 saturated carbocycles. The van der Waals surface area contributed by atoms with Gasteiger partial charge in [-0.3, -0.25) is 4.79 Å². The fourth-order valence-corrected chi connectivity index (χ4v) is 4.09. The van der Waals surface area contributed by atoms with E-state index >= 15 is 0 Å². The van der Waals surface area contributed by atoms with E-state index in [4.69, 9.17) is 21.3 Å². The van der Waals surface area contributed by atoms with Crippen molar-refractivity contribution in [2.45, 2.75) is 13.8 Å². The van der Waals surface area contributed by atoms with E-state index in [1.54, 1.807) is 19.4 Å². The van der Waals surface area contributed by atoms with Gasteiger partial charge in [0.15, 0.2) is 0 Å². The molecule has 0 bridgehead atoms. The van der Waals surface area contributed by atoms with Crippen molar-refractivity contribution in [1.29, 1.82) is 0 Å². The van der Waals surface area contributed by atoms with E-state index in [9.17, 15) is 4.79 Å². The molecule has 3 aromatic rings. The second kappa shape index (κ2) is 11.5. The number of methoxy groups -OCH3 is 1.